The van der Waals surface area contributed by atoms with E-state index in [1.54, 1.807) is 7.05 Å². The van der Waals surface area contributed by atoms with E-state index in [0.29, 0.717) is 5.56 Å². The molecule has 0 aliphatic rings. The van der Waals surface area contributed by atoms with Crippen LogP contribution in [0.5, 0.6) is 0 Å². The quantitative estimate of drug-likeness (QED) is 0.927. The minimum Gasteiger partial charge on any atom is -0.396 e. The largest absolute Gasteiger partial charge is 0.396 e. The van der Waals surface area contributed by atoms with Crippen LogP contribution >= 0.6 is 0 Å². The van der Waals surface area contributed by atoms with E-state index in [4.69, 9.17) is 5.73 Å². The van der Waals surface area contributed by atoms with Crippen molar-refractivity contribution in [2.24, 2.45) is 7.05 Å². The fourth-order valence-corrected chi connectivity index (χ4v) is 1.84. The van der Waals surface area contributed by atoms with Crippen LogP contribution in [-0.4, -0.2) is 27.6 Å². The fraction of sp³-hybridized carbons (Fsp3) is 0.231. The van der Waals surface area contributed by atoms with E-state index >= 15 is 0 Å². The number of carbonyl (C=O) groups is 1. The van der Waals surface area contributed by atoms with Crippen LogP contribution in [0, 0.1) is 11.6 Å². The van der Waals surface area contributed by atoms with E-state index in [9.17, 15) is 13.6 Å². The fourth-order valence-electron chi connectivity index (χ4n) is 1.84. The molecule has 0 fully saturated rings. The second-order valence-electron chi connectivity index (χ2n) is 4.52. The number of hydrogen-bond donors (Lipinski definition) is 1. The minimum atomic E-state index is -0.944. The molecule has 20 heavy (non-hydrogen) atoms. The van der Waals surface area contributed by atoms with Gasteiger partial charge in [-0.2, -0.15) is 5.10 Å². The minimum absolute atomic E-state index is 0.131. The summed E-state index contributed by atoms with van der Waals surface area (Å²) in [5, 5.41) is 3.97. The van der Waals surface area contributed by atoms with E-state index in [0.717, 1.165) is 12.1 Å². The summed E-state index contributed by atoms with van der Waals surface area (Å²) in [7, 11) is 3.19. The Labute approximate surface area is 114 Å². The first-order valence-electron chi connectivity index (χ1n) is 5.87. The topological polar surface area (TPSA) is 64.2 Å². The number of amides is 1. The zero-order chi connectivity index (χ0) is 14.9. The second-order valence-corrected chi connectivity index (χ2v) is 4.52. The first-order chi connectivity index (χ1) is 9.38. The van der Waals surface area contributed by atoms with Crippen molar-refractivity contribution >= 4 is 11.6 Å². The maximum absolute atomic E-state index is 13.1. The number of anilines is 1. The molecule has 7 heteroatoms. The summed E-state index contributed by atoms with van der Waals surface area (Å²) in [4.78, 5) is 13.5. The first-order valence-corrected chi connectivity index (χ1v) is 5.87. The number of carbonyl (C=O) groups excluding carboxylic acids is 1. The highest BCUT2D eigenvalue weighted by atomic mass is 19.2. The van der Waals surface area contributed by atoms with Crippen molar-refractivity contribution in [3.63, 3.8) is 0 Å². The molecule has 0 atom stereocenters. The van der Waals surface area contributed by atoms with Gasteiger partial charge in [0.05, 0.1) is 5.69 Å². The molecule has 0 saturated heterocycles. The van der Waals surface area contributed by atoms with Crippen LogP contribution in [0.4, 0.5) is 14.5 Å². The van der Waals surface area contributed by atoms with E-state index in [-0.39, 0.29) is 23.8 Å². The Morgan fingerprint density at radius 2 is 2.10 bits per heavy atom. The summed E-state index contributed by atoms with van der Waals surface area (Å²) in [6.07, 6.45) is 1.53. The smallest absolute Gasteiger partial charge is 0.276 e. The summed E-state index contributed by atoms with van der Waals surface area (Å²) < 4.78 is 27.4. The monoisotopic (exact) mass is 280 g/mol. The van der Waals surface area contributed by atoms with Crippen molar-refractivity contribution in [1.82, 2.24) is 14.7 Å². The van der Waals surface area contributed by atoms with Gasteiger partial charge >= 0.3 is 0 Å². The molecule has 1 aromatic carbocycles. The Bertz CT molecular complexity index is 654. The average molecular weight is 280 g/mol. The zero-order valence-electron chi connectivity index (χ0n) is 11.1. The SMILES string of the molecule is CN(Cc1ccc(F)c(F)c1)C(=O)c1nn(C)cc1N. The van der Waals surface area contributed by atoms with Gasteiger partial charge < -0.3 is 10.6 Å². The van der Waals surface area contributed by atoms with Crippen molar-refractivity contribution in [2.45, 2.75) is 6.54 Å². The van der Waals surface area contributed by atoms with Crippen molar-refractivity contribution in [3.8, 4) is 0 Å². The predicted octanol–water partition coefficient (Wildman–Crippen LogP) is 1.55. The van der Waals surface area contributed by atoms with Crippen LogP contribution in [0.2, 0.25) is 0 Å². The van der Waals surface area contributed by atoms with Gasteiger partial charge in [0, 0.05) is 26.8 Å². The van der Waals surface area contributed by atoms with Gasteiger partial charge in [0.1, 0.15) is 0 Å². The standard InChI is InChI=1S/C13H14F2N4O/c1-18(6-8-3-4-9(14)10(15)5-8)13(20)12-11(16)7-19(2)17-12/h3-5,7H,6,16H2,1-2H3. The Balaban J connectivity index is 2.15. The highest BCUT2D eigenvalue weighted by Crippen LogP contribution is 2.14. The van der Waals surface area contributed by atoms with Crippen LogP contribution in [0.1, 0.15) is 16.1 Å². The lowest BCUT2D eigenvalue weighted by molar-refractivity contribution is 0.0779. The molecule has 0 unspecified atom stereocenters. The van der Waals surface area contributed by atoms with Gasteiger partial charge in [-0.3, -0.25) is 9.48 Å². The molecule has 106 valence electrons. The third-order valence-corrected chi connectivity index (χ3v) is 2.81. The molecule has 0 aliphatic heterocycles. The van der Waals surface area contributed by atoms with Gasteiger partial charge in [0.15, 0.2) is 17.3 Å². The molecule has 1 heterocycles. The number of nitrogens with zero attached hydrogens (tertiary/aromatic N) is 3. The zero-order valence-corrected chi connectivity index (χ0v) is 11.1. The highest BCUT2D eigenvalue weighted by Gasteiger charge is 2.18. The van der Waals surface area contributed by atoms with E-state index in [2.05, 4.69) is 5.10 Å². The van der Waals surface area contributed by atoms with Gasteiger partial charge in [-0.15, -0.1) is 0 Å². The summed E-state index contributed by atoms with van der Waals surface area (Å²) in [6, 6.07) is 3.50. The maximum atomic E-state index is 13.1. The average Bonchev–Trinajstić information content (AvgIpc) is 2.72. The Kier molecular flexibility index (Phi) is 3.69. The number of rotatable bonds is 3. The van der Waals surface area contributed by atoms with Crippen LogP contribution in [0.25, 0.3) is 0 Å². The molecule has 2 N–H and O–H groups in total. The summed E-state index contributed by atoms with van der Waals surface area (Å²) in [5.74, 6) is -2.25. The number of nitrogen functional groups attached to an aromatic ring is 1. The van der Waals surface area contributed by atoms with E-state index in [1.165, 1.54) is 28.9 Å². The number of benzene rings is 1. The van der Waals surface area contributed by atoms with Crippen LogP contribution < -0.4 is 5.73 Å². The molecular formula is C13H14F2N4O. The lowest BCUT2D eigenvalue weighted by Gasteiger charge is -2.16. The molecule has 5 nitrogen and oxygen atoms in total. The Hall–Kier alpha value is -2.44. The summed E-state index contributed by atoms with van der Waals surface area (Å²) in [5.41, 5.74) is 6.57. The lowest BCUT2D eigenvalue weighted by atomic mass is 10.2. The number of halogens is 2. The first kappa shape index (κ1) is 14.0. The van der Waals surface area contributed by atoms with Crippen molar-refractivity contribution in [1.29, 1.82) is 0 Å². The summed E-state index contributed by atoms with van der Waals surface area (Å²) in [6.45, 7) is 0.131. The number of aryl methyl sites for hydroxylation is 1. The molecule has 0 aliphatic carbocycles. The summed E-state index contributed by atoms with van der Waals surface area (Å²) >= 11 is 0. The molecule has 0 radical (unpaired) electrons. The predicted molar refractivity (Wildman–Crippen MR) is 69.8 cm³/mol. The molecule has 0 saturated carbocycles. The number of hydrogen-bond acceptors (Lipinski definition) is 3. The van der Waals surface area contributed by atoms with Crippen LogP contribution in [0.3, 0.4) is 0 Å². The molecular weight excluding hydrogens is 266 g/mol. The second kappa shape index (κ2) is 5.28. The number of aromatic nitrogens is 2. The van der Waals surface area contributed by atoms with Gasteiger partial charge in [-0.1, -0.05) is 6.07 Å². The van der Waals surface area contributed by atoms with Crippen molar-refractivity contribution in [2.75, 3.05) is 12.8 Å². The van der Waals surface area contributed by atoms with Gasteiger partial charge in [-0.05, 0) is 17.7 Å². The van der Waals surface area contributed by atoms with E-state index in [1.807, 2.05) is 0 Å². The van der Waals surface area contributed by atoms with Gasteiger partial charge in [0.2, 0.25) is 0 Å². The molecule has 0 bridgehead atoms. The highest BCUT2D eigenvalue weighted by molar-refractivity contribution is 5.96. The van der Waals surface area contributed by atoms with E-state index < -0.39 is 11.6 Å². The number of nitrogens with two attached hydrogens (primary N) is 1. The van der Waals surface area contributed by atoms with Crippen molar-refractivity contribution < 1.29 is 13.6 Å². The Morgan fingerprint density at radius 1 is 1.40 bits per heavy atom. The molecule has 2 aromatic rings. The maximum Gasteiger partial charge on any atom is 0.276 e. The van der Waals surface area contributed by atoms with Crippen LogP contribution in [0.15, 0.2) is 24.4 Å². The molecule has 2 rings (SSSR count). The third kappa shape index (κ3) is 2.76. The molecule has 1 aromatic heterocycles. The molecule has 0 spiro atoms. The van der Waals surface area contributed by atoms with Crippen LogP contribution in [-0.2, 0) is 13.6 Å². The Morgan fingerprint density at radius 3 is 2.65 bits per heavy atom. The third-order valence-electron chi connectivity index (χ3n) is 2.81. The van der Waals surface area contributed by atoms with Gasteiger partial charge in [-0.25, -0.2) is 8.78 Å². The lowest BCUT2D eigenvalue weighted by Crippen LogP contribution is -2.27. The molecule has 1 amide bonds. The normalized spacial score (nSPS) is 10.6. The van der Waals surface area contributed by atoms with Crippen molar-refractivity contribution in [3.05, 3.63) is 47.3 Å². The van der Waals surface area contributed by atoms with Gasteiger partial charge in [0.25, 0.3) is 5.91 Å².